The van der Waals surface area contributed by atoms with Gasteiger partial charge >= 0.3 is 6.18 Å². The molecule has 1 rings (SSSR count). The summed E-state index contributed by atoms with van der Waals surface area (Å²) in [6, 6.07) is -0.815. The molecule has 1 aliphatic rings. The van der Waals surface area contributed by atoms with Crippen molar-refractivity contribution in [2.24, 2.45) is 5.73 Å². The van der Waals surface area contributed by atoms with Crippen LogP contribution < -0.4 is 5.73 Å². The van der Waals surface area contributed by atoms with E-state index in [9.17, 15) is 17.6 Å². The van der Waals surface area contributed by atoms with E-state index in [1.807, 2.05) is 0 Å². The smallest absolute Gasteiger partial charge is 0.325 e. The van der Waals surface area contributed by atoms with Crippen molar-refractivity contribution in [1.29, 1.82) is 0 Å². The molecular weight excluding hydrogens is 198 g/mol. The van der Waals surface area contributed by atoms with Crippen molar-refractivity contribution >= 4 is 0 Å². The summed E-state index contributed by atoms with van der Waals surface area (Å²) in [7, 11) is 0. The topological polar surface area (TPSA) is 26.0 Å². The Labute approximate surface area is 79.3 Å². The lowest BCUT2D eigenvalue weighted by atomic mass is 9.88. The largest absolute Gasteiger partial charge is 0.416 e. The molecule has 0 bridgehead atoms. The lowest BCUT2D eigenvalue weighted by Crippen LogP contribution is -2.41. The fraction of sp³-hybridized carbons (Fsp3) is 0.556. The van der Waals surface area contributed by atoms with Gasteiger partial charge in [0.25, 0.3) is 0 Å². The summed E-state index contributed by atoms with van der Waals surface area (Å²) in [5.41, 5.74) is 2.65. The molecule has 0 aliphatic heterocycles. The second-order valence-electron chi connectivity index (χ2n) is 3.41. The molecule has 2 atom stereocenters. The van der Waals surface area contributed by atoms with Gasteiger partial charge in [-0.25, -0.2) is 4.39 Å². The summed E-state index contributed by atoms with van der Waals surface area (Å²) in [5.74, 6) is 0. The van der Waals surface area contributed by atoms with Crippen LogP contribution in [0.5, 0.6) is 0 Å². The van der Waals surface area contributed by atoms with Crippen molar-refractivity contribution in [3.63, 3.8) is 0 Å². The van der Waals surface area contributed by atoms with Gasteiger partial charge in [0.15, 0.2) is 0 Å². The summed E-state index contributed by atoms with van der Waals surface area (Å²) in [4.78, 5) is 0. The van der Waals surface area contributed by atoms with Gasteiger partial charge in [0.1, 0.15) is 5.67 Å². The molecule has 0 spiro atoms. The van der Waals surface area contributed by atoms with Gasteiger partial charge in [0, 0.05) is 12.5 Å². The van der Waals surface area contributed by atoms with Crippen LogP contribution in [0.3, 0.4) is 0 Å². The van der Waals surface area contributed by atoms with Gasteiger partial charge in [-0.2, -0.15) is 13.2 Å². The van der Waals surface area contributed by atoms with E-state index in [0.29, 0.717) is 0 Å². The van der Waals surface area contributed by atoms with Gasteiger partial charge in [-0.05, 0) is 13.0 Å². The SMILES string of the molecule is C[C@@H](N)C1(F)C=CC(C(F)(F)F)=CC1. The molecule has 0 radical (unpaired) electrons. The molecule has 0 aromatic rings. The normalized spacial score (nSPS) is 30.0. The van der Waals surface area contributed by atoms with E-state index in [1.54, 1.807) is 0 Å². The molecule has 5 heteroatoms. The van der Waals surface area contributed by atoms with Crippen molar-refractivity contribution in [1.82, 2.24) is 0 Å². The van der Waals surface area contributed by atoms with E-state index in [-0.39, 0.29) is 6.42 Å². The predicted molar refractivity (Wildman–Crippen MR) is 45.4 cm³/mol. The Bertz CT molecular complexity index is 277. The first-order chi connectivity index (χ1) is 6.26. The number of halogens is 4. The van der Waals surface area contributed by atoms with Crippen LogP contribution >= 0.6 is 0 Å². The Kier molecular flexibility index (Phi) is 2.71. The minimum absolute atomic E-state index is 0.323. The fourth-order valence-corrected chi connectivity index (χ4v) is 1.18. The highest BCUT2D eigenvalue weighted by Crippen LogP contribution is 2.34. The number of hydrogen-bond donors (Lipinski definition) is 1. The van der Waals surface area contributed by atoms with Crippen LogP contribution in [0.2, 0.25) is 0 Å². The van der Waals surface area contributed by atoms with E-state index in [4.69, 9.17) is 5.73 Å². The Balaban J connectivity index is 2.81. The third-order valence-corrected chi connectivity index (χ3v) is 2.26. The zero-order chi connectivity index (χ0) is 11.0. The standard InChI is InChI=1S/C9H11F4N/c1-6(14)8(10)4-2-7(3-5-8)9(11,12)13/h2-4,6H,5,14H2,1H3/t6-,8?/m1/s1. The van der Waals surface area contributed by atoms with E-state index in [1.165, 1.54) is 6.92 Å². The number of alkyl halides is 4. The summed E-state index contributed by atoms with van der Waals surface area (Å²) in [6.45, 7) is 1.43. The van der Waals surface area contributed by atoms with Crippen molar-refractivity contribution in [3.8, 4) is 0 Å². The van der Waals surface area contributed by atoms with Crippen LogP contribution in [0.4, 0.5) is 17.6 Å². The zero-order valence-corrected chi connectivity index (χ0v) is 7.61. The van der Waals surface area contributed by atoms with Crippen LogP contribution in [-0.2, 0) is 0 Å². The van der Waals surface area contributed by atoms with E-state index >= 15 is 0 Å². The van der Waals surface area contributed by atoms with Gasteiger partial charge in [-0.1, -0.05) is 12.2 Å². The molecule has 14 heavy (non-hydrogen) atoms. The molecule has 0 saturated heterocycles. The number of allylic oxidation sites excluding steroid dienone is 3. The first-order valence-electron chi connectivity index (χ1n) is 4.17. The van der Waals surface area contributed by atoms with Crippen molar-refractivity contribution in [2.75, 3.05) is 0 Å². The van der Waals surface area contributed by atoms with Crippen LogP contribution in [-0.4, -0.2) is 17.9 Å². The maximum absolute atomic E-state index is 13.6. The average molecular weight is 209 g/mol. The summed E-state index contributed by atoms with van der Waals surface area (Å²) in [5, 5.41) is 0. The first kappa shape index (κ1) is 11.2. The third kappa shape index (κ3) is 2.15. The molecule has 2 N–H and O–H groups in total. The maximum Gasteiger partial charge on any atom is 0.416 e. The molecule has 1 aliphatic carbocycles. The second-order valence-corrected chi connectivity index (χ2v) is 3.41. The molecule has 80 valence electrons. The fourth-order valence-electron chi connectivity index (χ4n) is 1.18. The lowest BCUT2D eigenvalue weighted by molar-refractivity contribution is -0.0890. The highest BCUT2D eigenvalue weighted by molar-refractivity contribution is 5.32. The van der Waals surface area contributed by atoms with Crippen molar-refractivity contribution < 1.29 is 17.6 Å². The van der Waals surface area contributed by atoms with Crippen LogP contribution in [0, 0.1) is 0 Å². The van der Waals surface area contributed by atoms with E-state index in [2.05, 4.69) is 0 Å². The molecule has 0 aromatic heterocycles. The number of hydrogen-bond acceptors (Lipinski definition) is 1. The number of rotatable bonds is 1. The molecule has 0 saturated carbocycles. The summed E-state index contributed by atoms with van der Waals surface area (Å²) >= 11 is 0. The molecule has 1 nitrogen and oxygen atoms in total. The van der Waals surface area contributed by atoms with Crippen LogP contribution in [0.15, 0.2) is 23.8 Å². The highest BCUT2D eigenvalue weighted by atomic mass is 19.4. The minimum atomic E-state index is -4.41. The molecule has 0 aromatic carbocycles. The quantitative estimate of drug-likeness (QED) is 0.659. The lowest BCUT2D eigenvalue weighted by Gasteiger charge is -2.27. The molecule has 1 unspecified atom stereocenters. The average Bonchev–Trinajstić information content (AvgIpc) is 2.03. The minimum Gasteiger partial charge on any atom is -0.325 e. The maximum atomic E-state index is 13.6. The Hall–Kier alpha value is -0.840. The van der Waals surface area contributed by atoms with Crippen LogP contribution in [0.25, 0.3) is 0 Å². The van der Waals surface area contributed by atoms with Gasteiger partial charge in [-0.3, -0.25) is 0 Å². The molecular formula is C9H11F4N. The van der Waals surface area contributed by atoms with E-state index in [0.717, 1.165) is 18.2 Å². The van der Waals surface area contributed by atoms with Gasteiger partial charge in [-0.15, -0.1) is 0 Å². The van der Waals surface area contributed by atoms with E-state index < -0.39 is 23.5 Å². The first-order valence-corrected chi connectivity index (χ1v) is 4.17. The predicted octanol–water partition coefficient (Wildman–Crippen LogP) is 2.49. The number of nitrogens with two attached hydrogens (primary N) is 1. The second kappa shape index (κ2) is 3.38. The Morgan fingerprint density at radius 1 is 1.50 bits per heavy atom. The van der Waals surface area contributed by atoms with Gasteiger partial charge in [0.05, 0.1) is 5.57 Å². The summed E-state index contributed by atoms with van der Waals surface area (Å²) in [6.07, 6.45) is -2.26. The zero-order valence-electron chi connectivity index (χ0n) is 7.61. The monoisotopic (exact) mass is 209 g/mol. The Morgan fingerprint density at radius 3 is 2.36 bits per heavy atom. The molecule has 0 fully saturated rings. The van der Waals surface area contributed by atoms with Crippen LogP contribution in [0.1, 0.15) is 13.3 Å². The van der Waals surface area contributed by atoms with Gasteiger partial charge in [0.2, 0.25) is 0 Å². The van der Waals surface area contributed by atoms with Crippen molar-refractivity contribution in [2.45, 2.75) is 31.2 Å². The summed E-state index contributed by atoms with van der Waals surface area (Å²) < 4.78 is 50.0. The molecule has 0 heterocycles. The van der Waals surface area contributed by atoms with Crippen molar-refractivity contribution in [3.05, 3.63) is 23.8 Å². The highest BCUT2D eigenvalue weighted by Gasteiger charge is 2.38. The third-order valence-electron chi connectivity index (χ3n) is 2.26. The Morgan fingerprint density at radius 2 is 2.07 bits per heavy atom. The molecule has 0 amide bonds. The van der Waals surface area contributed by atoms with Gasteiger partial charge < -0.3 is 5.73 Å².